The lowest BCUT2D eigenvalue weighted by Crippen LogP contribution is -2.49. The van der Waals surface area contributed by atoms with Crippen LogP contribution in [0, 0.1) is 0 Å². The first kappa shape index (κ1) is 15.4. The second-order valence-corrected chi connectivity index (χ2v) is 5.93. The van der Waals surface area contributed by atoms with Gasteiger partial charge in [-0.1, -0.05) is 20.3 Å². The highest BCUT2D eigenvalue weighted by Crippen LogP contribution is 2.22. The van der Waals surface area contributed by atoms with E-state index < -0.39 is 0 Å². The molecule has 3 atom stereocenters. The molecule has 0 aromatic carbocycles. The summed E-state index contributed by atoms with van der Waals surface area (Å²) in [5.41, 5.74) is 5.45. The Balaban J connectivity index is 2.47. The molecule has 1 unspecified atom stereocenters. The van der Waals surface area contributed by atoms with Crippen LogP contribution < -0.4 is 11.1 Å². The number of primary amides is 1. The molecule has 0 radical (unpaired) electrons. The molecule has 0 saturated carbocycles. The molecule has 3 N–H and O–H groups in total. The molecule has 106 valence electrons. The van der Waals surface area contributed by atoms with Crippen LogP contribution in [0.2, 0.25) is 0 Å². The van der Waals surface area contributed by atoms with Gasteiger partial charge in [-0.25, -0.2) is 0 Å². The highest BCUT2D eigenvalue weighted by molar-refractivity contribution is 5.79. The van der Waals surface area contributed by atoms with Crippen molar-refractivity contribution in [3.8, 4) is 0 Å². The zero-order valence-electron chi connectivity index (χ0n) is 12.3. The molecule has 4 nitrogen and oxygen atoms in total. The van der Waals surface area contributed by atoms with Crippen molar-refractivity contribution < 1.29 is 4.79 Å². The molecule has 0 aliphatic carbocycles. The molecular weight excluding hydrogens is 226 g/mol. The Morgan fingerprint density at radius 3 is 2.33 bits per heavy atom. The number of rotatable bonds is 6. The summed E-state index contributed by atoms with van der Waals surface area (Å²) in [7, 11) is 0. The van der Waals surface area contributed by atoms with E-state index in [0.29, 0.717) is 18.1 Å². The highest BCUT2D eigenvalue weighted by atomic mass is 16.1. The fourth-order valence-corrected chi connectivity index (χ4v) is 2.90. The van der Waals surface area contributed by atoms with Gasteiger partial charge in [0.1, 0.15) is 0 Å². The molecule has 0 bridgehead atoms. The number of likely N-dealkylation sites (tertiary alicyclic amines) is 1. The molecule has 4 heteroatoms. The third-order valence-corrected chi connectivity index (χ3v) is 3.93. The predicted octanol–water partition coefficient (Wildman–Crippen LogP) is 1.49. The largest absolute Gasteiger partial charge is 0.368 e. The number of carbonyl (C=O) groups excluding carboxylic acids is 1. The zero-order valence-corrected chi connectivity index (χ0v) is 12.3. The number of amides is 1. The van der Waals surface area contributed by atoms with E-state index in [1.54, 1.807) is 0 Å². The number of hydrogen-bond acceptors (Lipinski definition) is 3. The van der Waals surface area contributed by atoms with Gasteiger partial charge in [0.25, 0.3) is 0 Å². The summed E-state index contributed by atoms with van der Waals surface area (Å²) in [4.78, 5) is 13.9. The summed E-state index contributed by atoms with van der Waals surface area (Å²) in [6.07, 6.45) is 4.66. The van der Waals surface area contributed by atoms with E-state index in [1.165, 1.54) is 19.3 Å². The lowest BCUT2D eigenvalue weighted by atomic mass is 9.97. The molecule has 1 aliphatic heterocycles. The Labute approximate surface area is 111 Å². The van der Waals surface area contributed by atoms with Crippen LogP contribution >= 0.6 is 0 Å². The number of nitrogens with zero attached hydrogens (tertiary/aromatic N) is 1. The Morgan fingerprint density at radius 2 is 1.89 bits per heavy atom. The van der Waals surface area contributed by atoms with E-state index in [2.05, 4.69) is 24.1 Å². The molecule has 1 rings (SSSR count). The van der Waals surface area contributed by atoms with Crippen molar-refractivity contribution in [2.75, 3.05) is 6.54 Å². The lowest BCUT2D eigenvalue weighted by Gasteiger charge is -2.39. The van der Waals surface area contributed by atoms with Crippen LogP contribution in [0.5, 0.6) is 0 Å². The Bertz CT molecular complexity index is 258. The summed E-state index contributed by atoms with van der Waals surface area (Å²) in [5.74, 6) is -0.235. The molecule has 1 heterocycles. The van der Waals surface area contributed by atoms with Crippen LogP contribution in [-0.4, -0.2) is 41.5 Å². The maximum atomic E-state index is 11.4. The first-order valence-corrected chi connectivity index (χ1v) is 7.23. The minimum absolute atomic E-state index is 0.202. The van der Waals surface area contributed by atoms with Gasteiger partial charge in [-0.3, -0.25) is 9.69 Å². The third-order valence-electron chi connectivity index (χ3n) is 3.93. The van der Waals surface area contributed by atoms with Gasteiger partial charge in [-0.2, -0.15) is 0 Å². The first-order chi connectivity index (χ1) is 8.41. The molecule has 0 aromatic heterocycles. The van der Waals surface area contributed by atoms with Gasteiger partial charge in [0.2, 0.25) is 5.91 Å². The van der Waals surface area contributed by atoms with Crippen molar-refractivity contribution in [1.82, 2.24) is 10.2 Å². The van der Waals surface area contributed by atoms with Crippen molar-refractivity contribution in [2.24, 2.45) is 5.73 Å². The minimum Gasteiger partial charge on any atom is -0.368 e. The zero-order chi connectivity index (χ0) is 13.7. The average Bonchev–Trinajstić information content (AvgIpc) is 2.26. The van der Waals surface area contributed by atoms with E-state index in [-0.39, 0.29) is 11.9 Å². The van der Waals surface area contributed by atoms with Gasteiger partial charge in [0, 0.05) is 24.7 Å². The summed E-state index contributed by atoms with van der Waals surface area (Å²) in [6, 6.07) is 1.34. The smallest absolute Gasteiger partial charge is 0.234 e. The Morgan fingerprint density at radius 1 is 1.33 bits per heavy atom. The monoisotopic (exact) mass is 255 g/mol. The van der Waals surface area contributed by atoms with Gasteiger partial charge >= 0.3 is 0 Å². The topological polar surface area (TPSA) is 58.4 Å². The fraction of sp³-hybridized carbons (Fsp3) is 0.929. The second-order valence-electron chi connectivity index (χ2n) is 5.93. The quantitative estimate of drug-likeness (QED) is 0.756. The van der Waals surface area contributed by atoms with E-state index in [0.717, 1.165) is 13.0 Å². The lowest BCUT2D eigenvalue weighted by molar-refractivity contribution is -0.120. The van der Waals surface area contributed by atoms with Crippen LogP contribution in [0.25, 0.3) is 0 Å². The molecule has 1 aliphatic rings. The summed E-state index contributed by atoms with van der Waals surface area (Å²) < 4.78 is 0. The Kier molecular flexibility index (Phi) is 6.09. The molecule has 0 spiro atoms. The van der Waals surface area contributed by atoms with Crippen LogP contribution in [-0.2, 0) is 4.79 Å². The van der Waals surface area contributed by atoms with Crippen LogP contribution in [0.1, 0.15) is 53.4 Å². The SMILES string of the molecule is CC(C)NC(CCN1[C@H](C)CCC[C@@H]1C)C(N)=O. The van der Waals surface area contributed by atoms with Crippen LogP contribution in [0.4, 0.5) is 0 Å². The third kappa shape index (κ3) is 4.58. The van der Waals surface area contributed by atoms with Crippen molar-refractivity contribution in [1.29, 1.82) is 0 Å². The van der Waals surface area contributed by atoms with Crippen molar-refractivity contribution >= 4 is 5.91 Å². The van der Waals surface area contributed by atoms with E-state index in [1.807, 2.05) is 13.8 Å². The maximum absolute atomic E-state index is 11.4. The minimum atomic E-state index is -0.235. The number of carbonyl (C=O) groups is 1. The molecule has 0 aromatic rings. The molecule has 1 fully saturated rings. The Hall–Kier alpha value is -0.610. The van der Waals surface area contributed by atoms with Crippen molar-refractivity contribution in [3.63, 3.8) is 0 Å². The highest BCUT2D eigenvalue weighted by Gasteiger charge is 2.26. The second kappa shape index (κ2) is 7.10. The van der Waals surface area contributed by atoms with Crippen LogP contribution in [0.15, 0.2) is 0 Å². The first-order valence-electron chi connectivity index (χ1n) is 7.23. The molecular formula is C14H29N3O. The van der Waals surface area contributed by atoms with E-state index in [4.69, 9.17) is 5.73 Å². The van der Waals surface area contributed by atoms with Crippen molar-refractivity contribution in [2.45, 2.75) is 77.5 Å². The van der Waals surface area contributed by atoms with Gasteiger partial charge in [0.05, 0.1) is 6.04 Å². The van der Waals surface area contributed by atoms with Gasteiger partial charge < -0.3 is 11.1 Å². The normalized spacial score (nSPS) is 27.4. The molecule has 1 amide bonds. The summed E-state index contributed by atoms with van der Waals surface area (Å²) >= 11 is 0. The average molecular weight is 255 g/mol. The number of nitrogens with two attached hydrogens (primary N) is 1. The van der Waals surface area contributed by atoms with Gasteiger partial charge in [-0.15, -0.1) is 0 Å². The van der Waals surface area contributed by atoms with E-state index in [9.17, 15) is 4.79 Å². The van der Waals surface area contributed by atoms with E-state index >= 15 is 0 Å². The van der Waals surface area contributed by atoms with Gasteiger partial charge in [-0.05, 0) is 33.1 Å². The number of piperidine rings is 1. The fourth-order valence-electron chi connectivity index (χ4n) is 2.90. The molecule has 1 saturated heterocycles. The number of hydrogen-bond donors (Lipinski definition) is 2. The standard InChI is InChI=1S/C14H29N3O/c1-10(2)16-13(14(15)18)8-9-17-11(3)6-5-7-12(17)4/h10-13,16H,5-9H2,1-4H3,(H2,15,18)/t11-,12+,13?. The predicted molar refractivity (Wildman–Crippen MR) is 75.4 cm³/mol. The summed E-state index contributed by atoms with van der Waals surface area (Å²) in [6.45, 7) is 9.61. The number of nitrogens with one attached hydrogen (secondary N) is 1. The molecule has 18 heavy (non-hydrogen) atoms. The maximum Gasteiger partial charge on any atom is 0.234 e. The summed E-state index contributed by atoms with van der Waals surface area (Å²) in [5, 5.41) is 3.25. The van der Waals surface area contributed by atoms with Crippen LogP contribution in [0.3, 0.4) is 0 Å². The van der Waals surface area contributed by atoms with Gasteiger partial charge in [0.15, 0.2) is 0 Å². The van der Waals surface area contributed by atoms with Crippen molar-refractivity contribution in [3.05, 3.63) is 0 Å².